The smallest absolute Gasteiger partial charge is 0.416 e. The lowest BCUT2D eigenvalue weighted by Gasteiger charge is -2.31. The SMILES string of the molecule is CC(OC(=O)c1ccc(Br)cc1)C(=O)N1CC(=O)Nc2cc(C(F)(F)F)ccc21. The average molecular weight is 471 g/mol. The lowest BCUT2D eigenvalue weighted by molar-refractivity contribution is -0.137. The van der Waals surface area contributed by atoms with E-state index in [1.54, 1.807) is 12.1 Å². The van der Waals surface area contributed by atoms with Crippen molar-refractivity contribution in [3.8, 4) is 0 Å². The summed E-state index contributed by atoms with van der Waals surface area (Å²) in [6.45, 7) is 0.923. The maximum absolute atomic E-state index is 12.9. The second-order valence-electron chi connectivity index (χ2n) is 6.26. The number of hydrogen-bond acceptors (Lipinski definition) is 4. The van der Waals surface area contributed by atoms with Crippen LogP contribution in [0.2, 0.25) is 0 Å². The minimum Gasteiger partial charge on any atom is -0.449 e. The molecule has 29 heavy (non-hydrogen) atoms. The number of amides is 2. The lowest BCUT2D eigenvalue weighted by Crippen LogP contribution is -2.47. The molecule has 1 atom stereocenters. The minimum absolute atomic E-state index is 0.0918. The summed E-state index contributed by atoms with van der Waals surface area (Å²) < 4.78 is 44.7. The molecule has 3 rings (SSSR count). The summed E-state index contributed by atoms with van der Waals surface area (Å²) in [4.78, 5) is 37.8. The molecule has 0 saturated heterocycles. The van der Waals surface area contributed by atoms with Crippen molar-refractivity contribution in [3.05, 3.63) is 58.1 Å². The van der Waals surface area contributed by atoms with Gasteiger partial charge in [-0.3, -0.25) is 14.5 Å². The van der Waals surface area contributed by atoms with Crippen molar-refractivity contribution in [3.63, 3.8) is 0 Å². The number of hydrogen-bond donors (Lipinski definition) is 1. The molecular weight excluding hydrogens is 457 g/mol. The van der Waals surface area contributed by atoms with Gasteiger partial charge in [-0.15, -0.1) is 0 Å². The van der Waals surface area contributed by atoms with Crippen LogP contribution in [0.25, 0.3) is 0 Å². The van der Waals surface area contributed by atoms with E-state index >= 15 is 0 Å². The fourth-order valence-electron chi connectivity index (χ4n) is 2.75. The average Bonchev–Trinajstić information content (AvgIpc) is 2.65. The summed E-state index contributed by atoms with van der Waals surface area (Å²) in [6, 6.07) is 8.94. The molecule has 0 bridgehead atoms. The first-order valence-electron chi connectivity index (χ1n) is 8.35. The molecule has 1 N–H and O–H groups in total. The zero-order valence-corrected chi connectivity index (χ0v) is 16.5. The summed E-state index contributed by atoms with van der Waals surface area (Å²) in [7, 11) is 0. The number of nitrogens with zero attached hydrogens (tertiary/aromatic N) is 1. The number of ether oxygens (including phenoxy) is 1. The molecule has 2 amide bonds. The maximum Gasteiger partial charge on any atom is 0.416 e. The highest BCUT2D eigenvalue weighted by atomic mass is 79.9. The van der Waals surface area contributed by atoms with Gasteiger partial charge in [-0.2, -0.15) is 13.2 Å². The molecule has 0 radical (unpaired) electrons. The van der Waals surface area contributed by atoms with E-state index in [1.807, 2.05) is 0 Å². The van der Waals surface area contributed by atoms with E-state index in [1.165, 1.54) is 19.1 Å². The molecule has 0 fully saturated rings. The van der Waals surface area contributed by atoms with E-state index in [-0.39, 0.29) is 16.9 Å². The van der Waals surface area contributed by atoms with Gasteiger partial charge in [0.2, 0.25) is 5.91 Å². The van der Waals surface area contributed by atoms with E-state index in [4.69, 9.17) is 4.74 Å². The van der Waals surface area contributed by atoms with Gasteiger partial charge in [0, 0.05) is 4.47 Å². The molecule has 10 heteroatoms. The third kappa shape index (κ3) is 4.58. The summed E-state index contributed by atoms with van der Waals surface area (Å²) in [5.41, 5.74) is -0.787. The van der Waals surface area contributed by atoms with Gasteiger partial charge in [-0.25, -0.2) is 4.79 Å². The summed E-state index contributed by atoms with van der Waals surface area (Å²) in [5, 5.41) is 2.32. The standard InChI is InChI=1S/C19H14BrF3N2O4/c1-10(29-18(28)11-2-5-13(20)6-3-11)17(27)25-9-16(26)24-14-8-12(19(21,22)23)4-7-15(14)25/h2-8,10H,9H2,1H3,(H,24,26). The molecule has 1 aliphatic heterocycles. The minimum atomic E-state index is -4.60. The fraction of sp³-hybridized carbons (Fsp3) is 0.211. The zero-order chi connectivity index (χ0) is 21.3. The third-order valence-corrected chi connectivity index (χ3v) is 4.70. The Kier molecular flexibility index (Phi) is 5.65. The van der Waals surface area contributed by atoms with E-state index < -0.39 is 42.2 Å². The van der Waals surface area contributed by atoms with Crippen LogP contribution in [0.1, 0.15) is 22.8 Å². The third-order valence-electron chi connectivity index (χ3n) is 4.17. The van der Waals surface area contributed by atoms with Crippen LogP contribution in [0.5, 0.6) is 0 Å². The van der Waals surface area contributed by atoms with Crippen LogP contribution in [0.4, 0.5) is 24.5 Å². The van der Waals surface area contributed by atoms with Gasteiger partial charge in [0.25, 0.3) is 5.91 Å². The predicted octanol–water partition coefficient (Wildman–Crippen LogP) is 4.00. The van der Waals surface area contributed by atoms with Gasteiger partial charge in [-0.05, 0) is 49.4 Å². The Labute approximate surface area is 171 Å². The number of rotatable bonds is 3. The van der Waals surface area contributed by atoms with Crippen LogP contribution >= 0.6 is 15.9 Å². The van der Waals surface area contributed by atoms with Crippen LogP contribution in [-0.2, 0) is 20.5 Å². The number of carbonyl (C=O) groups is 3. The highest BCUT2D eigenvalue weighted by Gasteiger charge is 2.35. The Morgan fingerprint density at radius 1 is 1.17 bits per heavy atom. The number of nitrogens with one attached hydrogen (secondary N) is 1. The van der Waals surface area contributed by atoms with E-state index in [0.29, 0.717) is 0 Å². The first kappa shape index (κ1) is 20.8. The molecule has 152 valence electrons. The van der Waals surface area contributed by atoms with Crippen LogP contribution in [0.3, 0.4) is 0 Å². The van der Waals surface area contributed by atoms with Gasteiger partial charge in [0.1, 0.15) is 6.54 Å². The molecule has 0 aromatic heterocycles. The number of halogens is 4. The Hall–Kier alpha value is -2.88. The van der Waals surface area contributed by atoms with Crippen molar-refractivity contribution >= 4 is 45.1 Å². The Bertz CT molecular complexity index is 976. The van der Waals surface area contributed by atoms with Crippen LogP contribution in [0, 0.1) is 0 Å². The van der Waals surface area contributed by atoms with Crippen molar-refractivity contribution in [2.24, 2.45) is 0 Å². The molecule has 0 aliphatic carbocycles. The second-order valence-corrected chi connectivity index (χ2v) is 7.17. The molecule has 2 aromatic carbocycles. The van der Waals surface area contributed by atoms with Crippen LogP contribution in [-0.4, -0.2) is 30.4 Å². The maximum atomic E-state index is 12.9. The van der Waals surface area contributed by atoms with Crippen molar-refractivity contribution in [1.29, 1.82) is 0 Å². The lowest BCUT2D eigenvalue weighted by atomic mass is 10.1. The number of carbonyl (C=O) groups excluding carboxylic acids is 3. The zero-order valence-electron chi connectivity index (χ0n) is 14.9. The van der Waals surface area contributed by atoms with Gasteiger partial charge in [0.15, 0.2) is 6.10 Å². The number of esters is 1. The summed E-state index contributed by atoms with van der Waals surface area (Å²) in [6.07, 6.45) is -5.85. The van der Waals surface area contributed by atoms with Gasteiger partial charge < -0.3 is 10.1 Å². The highest BCUT2D eigenvalue weighted by molar-refractivity contribution is 9.10. The molecule has 6 nitrogen and oxygen atoms in total. The molecule has 0 saturated carbocycles. The van der Waals surface area contributed by atoms with E-state index in [9.17, 15) is 27.6 Å². The van der Waals surface area contributed by atoms with Crippen molar-refractivity contribution < 1.29 is 32.3 Å². The molecule has 1 unspecified atom stereocenters. The summed E-state index contributed by atoms with van der Waals surface area (Å²) >= 11 is 3.24. The van der Waals surface area contributed by atoms with Gasteiger partial charge >= 0.3 is 12.1 Å². The Morgan fingerprint density at radius 2 is 1.83 bits per heavy atom. The van der Waals surface area contributed by atoms with Crippen molar-refractivity contribution in [2.75, 3.05) is 16.8 Å². The van der Waals surface area contributed by atoms with Crippen LogP contribution < -0.4 is 10.2 Å². The number of benzene rings is 2. The predicted molar refractivity (Wildman–Crippen MR) is 101 cm³/mol. The number of anilines is 2. The Morgan fingerprint density at radius 3 is 2.45 bits per heavy atom. The van der Waals surface area contributed by atoms with Crippen molar-refractivity contribution in [1.82, 2.24) is 0 Å². The molecule has 2 aromatic rings. The van der Waals surface area contributed by atoms with Gasteiger partial charge in [0.05, 0.1) is 22.5 Å². The largest absolute Gasteiger partial charge is 0.449 e. The molecular formula is C19H14BrF3N2O4. The van der Waals surface area contributed by atoms with Crippen molar-refractivity contribution in [2.45, 2.75) is 19.2 Å². The molecule has 1 heterocycles. The quantitative estimate of drug-likeness (QED) is 0.687. The molecule has 0 spiro atoms. The normalized spacial score (nSPS) is 14.7. The van der Waals surface area contributed by atoms with Gasteiger partial charge in [-0.1, -0.05) is 15.9 Å². The first-order valence-corrected chi connectivity index (χ1v) is 9.14. The number of fused-ring (bicyclic) bond motifs is 1. The van der Waals surface area contributed by atoms with Crippen LogP contribution in [0.15, 0.2) is 46.9 Å². The second kappa shape index (κ2) is 7.86. The van der Waals surface area contributed by atoms with E-state index in [2.05, 4.69) is 21.2 Å². The summed E-state index contributed by atoms with van der Waals surface area (Å²) in [5.74, 6) is -2.13. The monoisotopic (exact) mass is 470 g/mol. The Balaban J connectivity index is 1.81. The topological polar surface area (TPSA) is 75.7 Å². The molecule has 1 aliphatic rings. The number of alkyl halides is 3. The fourth-order valence-corrected chi connectivity index (χ4v) is 3.01. The highest BCUT2D eigenvalue weighted by Crippen LogP contribution is 2.37. The first-order chi connectivity index (χ1) is 13.6. The van der Waals surface area contributed by atoms with E-state index in [0.717, 1.165) is 27.6 Å².